The van der Waals surface area contributed by atoms with Crippen molar-refractivity contribution in [2.45, 2.75) is 13.8 Å². The molecule has 2 rings (SSSR count). The average molecular weight is 286 g/mol. The van der Waals surface area contributed by atoms with Gasteiger partial charge in [0.15, 0.2) is 11.5 Å². The molecule has 0 saturated heterocycles. The molecular formula is C14H18N6O. The lowest BCUT2D eigenvalue weighted by atomic mass is 10.1. The minimum absolute atomic E-state index is 0.0144. The van der Waals surface area contributed by atoms with E-state index in [0.29, 0.717) is 11.6 Å². The van der Waals surface area contributed by atoms with E-state index in [1.54, 1.807) is 19.0 Å². The zero-order valence-corrected chi connectivity index (χ0v) is 12.5. The Morgan fingerprint density at radius 2 is 1.95 bits per heavy atom. The average Bonchev–Trinajstić information content (AvgIpc) is 2.39. The van der Waals surface area contributed by atoms with Crippen molar-refractivity contribution in [3.05, 3.63) is 39.7 Å². The van der Waals surface area contributed by atoms with Crippen LogP contribution in [0.5, 0.6) is 0 Å². The molecule has 21 heavy (non-hydrogen) atoms. The number of hydrogen-bond acceptors (Lipinski definition) is 6. The lowest BCUT2D eigenvalue weighted by Gasteiger charge is -2.10. The molecule has 0 radical (unpaired) electrons. The second kappa shape index (κ2) is 5.74. The second-order valence-electron chi connectivity index (χ2n) is 5.01. The highest BCUT2D eigenvalue weighted by Crippen LogP contribution is 2.23. The summed E-state index contributed by atoms with van der Waals surface area (Å²) in [5.74, 6) is 0.430. The van der Waals surface area contributed by atoms with Crippen LogP contribution in [0.2, 0.25) is 0 Å². The molecule has 0 fully saturated rings. The molecule has 7 heteroatoms. The fourth-order valence-corrected chi connectivity index (χ4v) is 1.80. The first-order valence-corrected chi connectivity index (χ1v) is 6.44. The number of nitrogens with zero attached hydrogens (tertiary/aromatic N) is 4. The van der Waals surface area contributed by atoms with Gasteiger partial charge in [-0.2, -0.15) is 4.98 Å². The van der Waals surface area contributed by atoms with Crippen molar-refractivity contribution < 1.29 is 0 Å². The number of aromatic amines is 1. The summed E-state index contributed by atoms with van der Waals surface area (Å²) in [7, 11) is 3.52. The third kappa shape index (κ3) is 3.25. The minimum Gasteiger partial charge on any atom is -0.382 e. The number of H-pyrrole nitrogens is 1. The maximum Gasteiger partial charge on any atom is 0.282 e. The Kier molecular flexibility index (Phi) is 4.02. The maximum absolute atomic E-state index is 12.0. The summed E-state index contributed by atoms with van der Waals surface area (Å²) in [6, 6.07) is 5.78. The topological polar surface area (TPSA) is 99.7 Å². The summed E-state index contributed by atoms with van der Waals surface area (Å²) in [6.45, 7) is 3.93. The molecule has 0 bridgehead atoms. The quantitative estimate of drug-likeness (QED) is 0.846. The van der Waals surface area contributed by atoms with Gasteiger partial charge in [-0.25, -0.2) is 0 Å². The van der Waals surface area contributed by atoms with E-state index in [0.717, 1.165) is 11.1 Å². The van der Waals surface area contributed by atoms with Gasteiger partial charge in [-0.15, -0.1) is 10.2 Å². The fraction of sp³-hybridized carbons (Fsp3) is 0.286. The smallest absolute Gasteiger partial charge is 0.282 e. The van der Waals surface area contributed by atoms with Crippen molar-refractivity contribution in [1.29, 1.82) is 0 Å². The third-order valence-electron chi connectivity index (χ3n) is 2.94. The normalized spacial score (nSPS) is 11.0. The van der Waals surface area contributed by atoms with Gasteiger partial charge in [0.05, 0.1) is 5.69 Å². The van der Waals surface area contributed by atoms with Crippen LogP contribution in [0, 0.1) is 13.8 Å². The summed E-state index contributed by atoms with van der Waals surface area (Å²) in [5, 5.41) is 8.03. The Bertz CT molecular complexity index is 748. The van der Waals surface area contributed by atoms with E-state index in [4.69, 9.17) is 5.73 Å². The van der Waals surface area contributed by atoms with E-state index in [1.807, 2.05) is 32.0 Å². The van der Waals surface area contributed by atoms with Gasteiger partial charge in [-0.3, -0.25) is 9.78 Å². The number of rotatable bonds is 3. The number of nitrogen functional groups attached to an aromatic ring is 1. The molecule has 3 N–H and O–H groups in total. The maximum atomic E-state index is 12.0. The first-order chi connectivity index (χ1) is 9.88. The van der Waals surface area contributed by atoms with Gasteiger partial charge in [0.2, 0.25) is 5.95 Å². The van der Waals surface area contributed by atoms with Gasteiger partial charge >= 0.3 is 0 Å². The van der Waals surface area contributed by atoms with Crippen molar-refractivity contribution in [3.8, 4) is 0 Å². The van der Waals surface area contributed by atoms with Crippen molar-refractivity contribution in [2.75, 3.05) is 24.7 Å². The van der Waals surface area contributed by atoms with Crippen molar-refractivity contribution in [2.24, 2.45) is 10.2 Å². The molecule has 1 aromatic heterocycles. The SMILES string of the molecule is Cc1ccc(N=Nc2c(N)nc(N(C)C)[nH]c2=O)c(C)c1. The van der Waals surface area contributed by atoms with Crippen LogP contribution in [0.25, 0.3) is 0 Å². The number of benzene rings is 1. The molecule has 0 aliphatic rings. The molecular weight excluding hydrogens is 268 g/mol. The molecule has 0 atom stereocenters. The van der Waals surface area contributed by atoms with Gasteiger partial charge < -0.3 is 10.6 Å². The van der Waals surface area contributed by atoms with Gasteiger partial charge in [0.25, 0.3) is 5.56 Å². The van der Waals surface area contributed by atoms with E-state index in [-0.39, 0.29) is 11.5 Å². The molecule has 0 unspecified atom stereocenters. The summed E-state index contributed by atoms with van der Waals surface area (Å²) < 4.78 is 0. The minimum atomic E-state index is -0.417. The lowest BCUT2D eigenvalue weighted by molar-refractivity contribution is 0.979. The molecule has 0 spiro atoms. The van der Waals surface area contributed by atoms with Crippen LogP contribution in [0.15, 0.2) is 33.2 Å². The monoisotopic (exact) mass is 286 g/mol. The zero-order chi connectivity index (χ0) is 15.6. The summed E-state index contributed by atoms with van der Waals surface area (Å²) >= 11 is 0. The first kappa shape index (κ1) is 14.7. The number of azo groups is 1. The first-order valence-electron chi connectivity index (χ1n) is 6.44. The van der Waals surface area contributed by atoms with E-state index < -0.39 is 5.56 Å². The Morgan fingerprint density at radius 1 is 1.24 bits per heavy atom. The van der Waals surface area contributed by atoms with Crippen molar-refractivity contribution in [1.82, 2.24) is 9.97 Å². The Balaban J connectivity index is 2.40. The molecule has 0 amide bonds. The highest BCUT2D eigenvalue weighted by atomic mass is 16.1. The van der Waals surface area contributed by atoms with Crippen LogP contribution in [0.1, 0.15) is 11.1 Å². The molecule has 0 saturated carbocycles. The van der Waals surface area contributed by atoms with Gasteiger partial charge in [0, 0.05) is 14.1 Å². The lowest BCUT2D eigenvalue weighted by Crippen LogP contribution is -2.19. The highest BCUT2D eigenvalue weighted by molar-refractivity contribution is 5.58. The van der Waals surface area contributed by atoms with E-state index in [2.05, 4.69) is 20.2 Å². The highest BCUT2D eigenvalue weighted by Gasteiger charge is 2.09. The molecule has 0 aliphatic heterocycles. The Hall–Kier alpha value is -2.70. The van der Waals surface area contributed by atoms with E-state index >= 15 is 0 Å². The summed E-state index contributed by atoms with van der Waals surface area (Å²) in [6.07, 6.45) is 0. The largest absolute Gasteiger partial charge is 0.382 e. The van der Waals surface area contributed by atoms with Crippen LogP contribution in [-0.2, 0) is 0 Å². The predicted octanol–water partition coefficient (Wildman–Crippen LogP) is 2.45. The second-order valence-corrected chi connectivity index (χ2v) is 5.01. The van der Waals surface area contributed by atoms with Gasteiger partial charge in [0.1, 0.15) is 0 Å². The fourth-order valence-electron chi connectivity index (χ4n) is 1.80. The van der Waals surface area contributed by atoms with Crippen LogP contribution < -0.4 is 16.2 Å². The zero-order valence-electron chi connectivity index (χ0n) is 12.5. The molecule has 1 heterocycles. The summed E-state index contributed by atoms with van der Waals surface area (Å²) in [4.78, 5) is 20.3. The molecule has 0 aliphatic carbocycles. The molecule has 7 nitrogen and oxygen atoms in total. The third-order valence-corrected chi connectivity index (χ3v) is 2.94. The van der Waals surface area contributed by atoms with Crippen molar-refractivity contribution in [3.63, 3.8) is 0 Å². The van der Waals surface area contributed by atoms with E-state index in [9.17, 15) is 4.79 Å². The van der Waals surface area contributed by atoms with Crippen LogP contribution in [-0.4, -0.2) is 24.1 Å². The molecule has 2 aromatic rings. The number of aryl methyl sites for hydroxylation is 2. The Labute approximate surface area is 122 Å². The van der Waals surface area contributed by atoms with Crippen LogP contribution >= 0.6 is 0 Å². The van der Waals surface area contributed by atoms with Crippen molar-refractivity contribution >= 4 is 23.1 Å². The molecule has 110 valence electrons. The van der Waals surface area contributed by atoms with E-state index in [1.165, 1.54) is 0 Å². The van der Waals surface area contributed by atoms with Gasteiger partial charge in [-0.05, 0) is 25.5 Å². The van der Waals surface area contributed by atoms with Gasteiger partial charge in [-0.1, -0.05) is 17.7 Å². The number of hydrogen-bond donors (Lipinski definition) is 2. The summed E-state index contributed by atoms with van der Waals surface area (Å²) in [5.41, 5.74) is 8.18. The molecule has 1 aromatic carbocycles. The number of nitrogens with one attached hydrogen (secondary N) is 1. The Morgan fingerprint density at radius 3 is 2.52 bits per heavy atom. The van der Waals surface area contributed by atoms with Crippen LogP contribution in [0.4, 0.5) is 23.1 Å². The number of nitrogens with two attached hydrogens (primary N) is 1. The number of aromatic nitrogens is 2. The van der Waals surface area contributed by atoms with Crippen LogP contribution in [0.3, 0.4) is 0 Å². The number of anilines is 2. The predicted molar refractivity (Wildman–Crippen MR) is 83.7 cm³/mol. The standard InChI is InChI=1S/C14H18N6O/c1-8-5-6-10(9(2)7-8)18-19-11-12(15)16-14(20(3)4)17-13(11)21/h5-7H,1-4H3,(H3,15,16,17,21).